The molecule has 3 saturated carbocycles. The number of nitriles is 1. The van der Waals surface area contributed by atoms with Crippen LogP contribution in [0.2, 0.25) is 0 Å². The number of fused-ring (bicyclic) bond motifs is 3. The lowest BCUT2D eigenvalue weighted by molar-refractivity contribution is -0.152. The van der Waals surface area contributed by atoms with Crippen LogP contribution in [0.5, 0.6) is 0 Å². The Morgan fingerprint density at radius 2 is 1.76 bits per heavy atom. The maximum Gasteiger partial charge on any atom is 0.237 e. The highest BCUT2D eigenvalue weighted by Crippen LogP contribution is 2.53. The van der Waals surface area contributed by atoms with Gasteiger partial charge in [-0.3, -0.25) is 9.59 Å². The van der Waals surface area contributed by atoms with Gasteiger partial charge >= 0.3 is 0 Å². The van der Waals surface area contributed by atoms with Crippen LogP contribution in [0, 0.1) is 16.7 Å². The summed E-state index contributed by atoms with van der Waals surface area (Å²) in [7, 11) is 0. The second-order valence-electron chi connectivity index (χ2n) is 9.46. The summed E-state index contributed by atoms with van der Waals surface area (Å²) in [5.74, 6) is 0.0353. The number of alkyl halides is 1. The van der Waals surface area contributed by atoms with Crippen molar-refractivity contribution >= 4 is 11.8 Å². The molecule has 2 aliphatic heterocycles. The Kier molecular flexibility index (Phi) is 5.56. The van der Waals surface area contributed by atoms with Gasteiger partial charge in [0.15, 0.2) is 0 Å². The fourth-order valence-corrected chi connectivity index (χ4v) is 5.72. The summed E-state index contributed by atoms with van der Waals surface area (Å²) in [5.41, 5.74) is -0.412. The zero-order valence-electron chi connectivity index (χ0n) is 16.9. The molecule has 160 valence electrons. The maximum atomic E-state index is 13.6. The van der Waals surface area contributed by atoms with E-state index in [1.165, 1.54) is 4.90 Å². The van der Waals surface area contributed by atoms with Crippen molar-refractivity contribution in [2.75, 3.05) is 26.2 Å². The minimum Gasteiger partial charge on any atom is -0.393 e. The Bertz CT molecular complexity index is 676. The second-order valence-corrected chi connectivity index (χ2v) is 9.46. The first-order valence-corrected chi connectivity index (χ1v) is 10.9. The summed E-state index contributed by atoms with van der Waals surface area (Å²) in [6, 6.07) is 1.36. The summed E-state index contributed by atoms with van der Waals surface area (Å²) in [5, 5.41) is 22.3. The molecule has 8 heteroatoms. The van der Waals surface area contributed by atoms with Gasteiger partial charge in [-0.15, -0.1) is 0 Å². The number of amides is 2. The molecule has 5 rings (SSSR count). The van der Waals surface area contributed by atoms with Crippen molar-refractivity contribution in [3.63, 3.8) is 0 Å². The highest BCUT2D eigenvalue weighted by Gasteiger charge is 2.53. The predicted octanol–water partition coefficient (Wildman–Crippen LogP) is 1.11. The average molecular weight is 407 g/mol. The molecule has 2 saturated heterocycles. The van der Waals surface area contributed by atoms with Gasteiger partial charge in [-0.2, -0.15) is 5.26 Å². The van der Waals surface area contributed by atoms with Crippen LogP contribution in [-0.4, -0.2) is 76.8 Å². The van der Waals surface area contributed by atoms with Crippen molar-refractivity contribution in [2.45, 2.75) is 81.6 Å². The number of aliphatic hydroxyl groups is 1. The van der Waals surface area contributed by atoms with Gasteiger partial charge in [-0.1, -0.05) is 0 Å². The number of likely N-dealkylation sites (tertiary alicyclic amines) is 2. The van der Waals surface area contributed by atoms with E-state index in [-0.39, 0.29) is 48.4 Å². The number of hydrogen-bond donors (Lipinski definition) is 2. The first-order valence-electron chi connectivity index (χ1n) is 10.9. The lowest BCUT2D eigenvalue weighted by Crippen LogP contribution is -2.60. The average Bonchev–Trinajstić information content (AvgIpc) is 3.14. The molecule has 2 bridgehead atoms. The third-order valence-electron chi connectivity index (χ3n) is 7.79. The van der Waals surface area contributed by atoms with Crippen molar-refractivity contribution < 1.29 is 19.1 Å². The largest absolute Gasteiger partial charge is 0.393 e. The number of rotatable bonds is 4. The van der Waals surface area contributed by atoms with E-state index in [1.54, 1.807) is 0 Å². The minimum atomic E-state index is -1.12. The third-order valence-corrected chi connectivity index (χ3v) is 7.79. The Hall–Kier alpha value is -1.72. The van der Waals surface area contributed by atoms with Crippen molar-refractivity contribution in [1.82, 2.24) is 15.1 Å². The van der Waals surface area contributed by atoms with Crippen molar-refractivity contribution in [2.24, 2.45) is 5.41 Å². The fraction of sp³-hybridized carbons (Fsp3) is 0.857. The van der Waals surface area contributed by atoms with Gasteiger partial charge in [-0.25, -0.2) is 4.39 Å². The SMILES string of the molecule is N#C[C@@H]1C[C@H](F)CN1C(=O)CNC12CCC(C(=O)N3CCC(O)CC3)(CC1)CC2. The second kappa shape index (κ2) is 7.84. The van der Waals surface area contributed by atoms with Gasteiger partial charge in [0.05, 0.1) is 25.3 Å². The quantitative estimate of drug-likeness (QED) is 0.729. The number of halogens is 1. The number of carbonyl (C=O) groups excluding carboxylic acids is 2. The predicted molar refractivity (Wildman–Crippen MR) is 103 cm³/mol. The first-order chi connectivity index (χ1) is 13.9. The number of piperidine rings is 1. The number of carbonyl (C=O) groups is 2. The molecule has 5 aliphatic rings. The first kappa shape index (κ1) is 20.5. The maximum absolute atomic E-state index is 13.6. The van der Waals surface area contributed by atoms with Gasteiger partial charge in [0, 0.05) is 30.5 Å². The molecule has 2 N–H and O–H groups in total. The van der Waals surface area contributed by atoms with Crippen LogP contribution < -0.4 is 5.32 Å². The highest BCUT2D eigenvalue weighted by atomic mass is 19.1. The molecule has 7 nitrogen and oxygen atoms in total. The Morgan fingerprint density at radius 1 is 1.14 bits per heavy atom. The molecule has 0 unspecified atom stereocenters. The van der Waals surface area contributed by atoms with E-state index >= 15 is 0 Å². The molecule has 2 atom stereocenters. The van der Waals surface area contributed by atoms with Gasteiger partial charge < -0.3 is 20.2 Å². The summed E-state index contributed by atoms with van der Waals surface area (Å²) < 4.78 is 13.6. The molecule has 0 spiro atoms. The minimum absolute atomic E-state index is 0.00782. The number of nitrogens with one attached hydrogen (secondary N) is 1. The highest BCUT2D eigenvalue weighted by molar-refractivity contribution is 5.83. The molecule has 0 aromatic rings. The van der Waals surface area contributed by atoms with Crippen LogP contribution in [0.1, 0.15) is 57.8 Å². The summed E-state index contributed by atoms with van der Waals surface area (Å²) >= 11 is 0. The van der Waals surface area contributed by atoms with E-state index < -0.39 is 12.2 Å². The van der Waals surface area contributed by atoms with Gasteiger partial charge in [0.1, 0.15) is 12.2 Å². The fourth-order valence-electron chi connectivity index (χ4n) is 5.72. The van der Waals surface area contributed by atoms with Crippen LogP contribution in [0.3, 0.4) is 0 Å². The number of hydrogen-bond acceptors (Lipinski definition) is 5. The summed E-state index contributed by atoms with van der Waals surface area (Å²) in [6.45, 7) is 1.42. The van der Waals surface area contributed by atoms with Crippen molar-refractivity contribution in [3.05, 3.63) is 0 Å². The monoisotopic (exact) mass is 406 g/mol. The van der Waals surface area contributed by atoms with E-state index in [4.69, 9.17) is 5.26 Å². The topological polar surface area (TPSA) is 96.7 Å². The van der Waals surface area contributed by atoms with E-state index in [1.807, 2.05) is 11.0 Å². The number of aliphatic hydroxyl groups excluding tert-OH is 1. The lowest BCUT2D eigenvalue weighted by Gasteiger charge is -2.54. The van der Waals surface area contributed by atoms with Crippen LogP contribution >= 0.6 is 0 Å². The molecule has 2 amide bonds. The molecule has 0 aromatic carbocycles. The molecule has 0 radical (unpaired) electrons. The van der Waals surface area contributed by atoms with E-state index in [0.29, 0.717) is 25.9 Å². The van der Waals surface area contributed by atoms with Crippen LogP contribution in [0.4, 0.5) is 4.39 Å². The van der Waals surface area contributed by atoms with Gasteiger partial charge in [0.2, 0.25) is 11.8 Å². The van der Waals surface area contributed by atoms with Gasteiger partial charge in [0.25, 0.3) is 0 Å². The summed E-state index contributed by atoms with van der Waals surface area (Å²) in [6.07, 6.45) is 5.06. The van der Waals surface area contributed by atoms with E-state index in [9.17, 15) is 19.1 Å². The van der Waals surface area contributed by atoms with E-state index in [0.717, 1.165) is 38.5 Å². The normalized spacial score (nSPS) is 37.6. The Labute approximate surface area is 171 Å². The zero-order valence-corrected chi connectivity index (χ0v) is 16.9. The molecular formula is C21H31FN4O3. The lowest BCUT2D eigenvalue weighted by atomic mass is 9.56. The molecule has 0 aromatic heterocycles. The van der Waals surface area contributed by atoms with Crippen molar-refractivity contribution in [3.8, 4) is 6.07 Å². The Morgan fingerprint density at radius 3 is 2.34 bits per heavy atom. The standard InChI is InChI=1S/C21H31FN4O3/c22-15-11-16(12-23)26(14-15)18(28)13-24-21-6-3-20(4-7-21,5-8-21)19(29)25-9-1-17(27)2-10-25/h15-17,24,27H,1-11,13-14H2/t15-,16-,20?,21?/m0/s1. The molecule has 3 aliphatic carbocycles. The number of nitrogens with zero attached hydrogens (tertiary/aromatic N) is 3. The van der Waals surface area contributed by atoms with Crippen molar-refractivity contribution in [1.29, 1.82) is 5.26 Å². The third kappa shape index (κ3) is 3.87. The molecule has 29 heavy (non-hydrogen) atoms. The van der Waals surface area contributed by atoms with Crippen LogP contribution in [0.15, 0.2) is 0 Å². The zero-order chi connectivity index (χ0) is 20.6. The van der Waals surface area contributed by atoms with Gasteiger partial charge in [-0.05, 0) is 51.4 Å². The smallest absolute Gasteiger partial charge is 0.237 e. The molecule has 2 heterocycles. The Balaban J connectivity index is 1.31. The van der Waals surface area contributed by atoms with Crippen LogP contribution in [-0.2, 0) is 9.59 Å². The van der Waals surface area contributed by atoms with E-state index in [2.05, 4.69) is 5.32 Å². The molecule has 5 fully saturated rings. The molecular weight excluding hydrogens is 375 g/mol. The van der Waals surface area contributed by atoms with Crippen LogP contribution in [0.25, 0.3) is 0 Å². The summed E-state index contributed by atoms with van der Waals surface area (Å²) in [4.78, 5) is 29.0.